The largest absolute Gasteiger partial charge is 0.493 e. The van der Waals surface area contributed by atoms with Gasteiger partial charge in [0.05, 0.1) is 35.3 Å². The summed E-state index contributed by atoms with van der Waals surface area (Å²) in [6.07, 6.45) is 0.451. The minimum atomic E-state index is -3.19. The Hall–Kier alpha value is -3.47. The minimum Gasteiger partial charge on any atom is -0.493 e. The van der Waals surface area contributed by atoms with Gasteiger partial charge >= 0.3 is 6.61 Å². The van der Waals surface area contributed by atoms with Crippen molar-refractivity contribution in [2.24, 2.45) is 0 Å². The van der Waals surface area contributed by atoms with Crippen LogP contribution in [0.2, 0.25) is 0 Å². The predicted molar refractivity (Wildman–Crippen MR) is 109 cm³/mol. The Balaban J connectivity index is 1.82. The summed E-state index contributed by atoms with van der Waals surface area (Å²) in [7, 11) is 1.24. The van der Waals surface area contributed by atoms with E-state index in [4.69, 9.17) is 9.47 Å². The quantitative estimate of drug-likeness (QED) is 0.504. The van der Waals surface area contributed by atoms with Crippen molar-refractivity contribution in [1.29, 1.82) is 0 Å². The van der Waals surface area contributed by atoms with Crippen molar-refractivity contribution in [2.45, 2.75) is 31.7 Å². The van der Waals surface area contributed by atoms with Crippen molar-refractivity contribution in [3.8, 4) is 11.5 Å². The number of fused-ring (bicyclic) bond motifs is 1. The highest BCUT2D eigenvalue weighted by molar-refractivity contribution is 6.01. The molecule has 0 aromatic heterocycles. The average Bonchev–Trinajstić information content (AvgIpc) is 3.28. The summed E-state index contributed by atoms with van der Waals surface area (Å²) in [5.41, 5.74) is 0.527. The number of alkyl halides is 2. The molecule has 32 heavy (non-hydrogen) atoms. The Bertz CT molecular complexity index is 1030. The first kappa shape index (κ1) is 21.8. The van der Waals surface area contributed by atoms with Gasteiger partial charge < -0.3 is 24.4 Å². The van der Waals surface area contributed by atoms with E-state index in [0.717, 1.165) is 18.9 Å². The van der Waals surface area contributed by atoms with Gasteiger partial charge in [0.1, 0.15) is 6.17 Å². The predicted octanol–water partition coefficient (Wildman–Crippen LogP) is 3.95. The summed E-state index contributed by atoms with van der Waals surface area (Å²) >= 11 is 0. The molecule has 2 heterocycles. The van der Waals surface area contributed by atoms with Crippen LogP contribution in [0.1, 0.15) is 34.9 Å². The highest BCUT2D eigenvalue weighted by atomic mass is 19.3. The lowest BCUT2D eigenvalue weighted by molar-refractivity contribution is -0.386. The van der Waals surface area contributed by atoms with Crippen molar-refractivity contribution in [1.82, 2.24) is 4.90 Å². The molecule has 0 saturated carbocycles. The molecule has 1 fully saturated rings. The third-order valence-corrected chi connectivity index (χ3v) is 5.47. The van der Waals surface area contributed by atoms with Crippen molar-refractivity contribution in [3.63, 3.8) is 0 Å². The standard InChI is InChI=1S/C21H21F2N3O6/c1-30-17-9-14(16(26(28)29)10-18(17)32-21(22)23)19-24-15-7-3-2-6-13(15)20(27)25(19)11-12-5-4-8-31-12/h2-3,6-7,9-10,12,19,21,24H,4-5,8,11H2,1H3/t12-,19-/m0/s1. The number of hydrogen-bond donors (Lipinski definition) is 1. The number of hydrogen-bond acceptors (Lipinski definition) is 7. The van der Waals surface area contributed by atoms with E-state index in [2.05, 4.69) is 10.1 Å². The molecule has 2 aliphatic heterocycles. The minimum absolute atomic E-state index is 0.0781. The summed E-state index contributed by atoms with van der Waals surface area (Å²) in [4.78, 5) is 25.9. The fourth-order valence-corrected chi connectivity index (χ4v) is 4.02. The number of nitrogens with one attached hydrogen (secondary N) is 1. The highest BCUT2D eigenvalue weighted by Crippen LogP contribution is 2.42. The van der Waals surface area contributed by atoms with Gasteiger partial charge in [-0.1, -0.05) is 12.1 Å². The van der Waals surface area contributed by atoms with Gasteiger partial charge in [-0.05, 0) is 31.0 Å². The second kappa shape index (κ2) is 8.95. The molecule has 170 valence electrons. The number of carbonyl (C=O) groups is 1. The van der Waals surface area contributed by atoms with Crippen LogP contribution >= 0.6 is 0 Å². The summed E-state index contributed by atoms with van der Waals surface area (Å²) in [5.74, 6) is -0.900. The van der Waals surface area contributed by atoms with Crippen LogP contribution in [0.3, 0.4) is 0 Å². The molecule has 0 radical (unpaired) electrons. The molecule has 0 bridgehead atoms. The lowest BCUT2D eigenvalue weighted by Crippen LogP contribution is -2.46. The number of carbonyl (C=O) groups excluding carboxylic acids is 1. The van der Waals surface area contributed by atoms with E-state index >= 15 is 0 Å². The molecular weight excluding hydrogens is 428 g/mol. The normalized spacial score (nSPS) is 20.1. The second-order valence-corrected chi connectivity index (χ2v) is 7.38. The van der Waals surface area contributed by atoms with Gasteiger partial charge in [-0.25, -0.2) is 0 Å². The van der Waals surface area contributed by atoms with Gasteiger partial charge in [-0.15, -0.1) is 0 Å². The molecule has 2 aromatic rings. The van der Waals surface area contributed by atoms with E-state index < -0.39 is 29.1 Å². The Morgan fingerprint density at radius 1 is 1.31 bits per heavy atom. The van der Waals surface area contributed by atoms with E-state index in [-0.39, 0.29) is 29.9 Å². The van der Waals surface area contributed by atoms with Crippen LogP contribution < -0.4 is 14.8 Å². The number of ether oxygens (including phenoxy) is 3. The molecular formula is C21H21F2N3O6. The molecule has 1 amide bonds. The van der Waals surface area contributed by atoms with Gasteiger partial charge in [-0.3, -0.25) is 14.9 Å². The number of nitrogens with zero attached hydrogens (tertiary/aromatic N) is 2. The fourth-order valence-electron chi connectivity index (χ4n) is 4.02. The first-order valence-corrected chi connectivity index (χ1v) is 9.98. The number of nitro benzene ring substituents is 1. The summed E-state index contributed by atoms with van der Waals surface area (Å²) in [5, 5.41) is 15.0. The average molecular weight is 449 g/mol. The molecule has 9 nitrogen and oxygen atoms in total. The van der Waals surface area contributed by atoms with Crippen LogP contribution in [0.5, 0.6) is 11.5 Å². The molecule has 2 aromatic carbocycles. The molecule has 1 N–H and O–H groups in total. The van der Waals surface area contributed by atoms with Crippen LogP contribution in [0.4, 0.5) is 20.2 Å². The molecule has 0 unspecified atom stereocenters. The number of halogens is 2. The highest BCUT2D eigenvalue weighted by Gasteiger charge is 2.39. The molecule has 0 spiro atoms. The zero-order valence-electron chi connectivity index (χ0n) is 17.1. The number of benzene rings is 2. The molecule has 2 aliphatic rings. The van der Waals surface area contributed by atoms with Crippen LogP contribution in [-0.2, 0) is 4.74 Å². The third-order valence-electron chi connectivity index (χ3n) is 5.47. The van der Waals surface area contributed by atoms with Crippen LogP contribution in [0, 0.1) is 10.1 Å². The van der Waals surface area contributed by atoms with Gasteiger partial charge in [0.25, 0.3) is 11.6 Å². The Morgan fingerprint density at radius 3 is 2.75 bits per heavy atom. The van der Waals surface area contributed by atoms with E-state index in [1.54, 1.807) is 24.3 Å². The summed E-state index contributed by atoms with van der Waals surface area (Å²) in [6, 6.07) is 8.96. The molecule has 0 aliphatic carbocycles. The number of anilines is 1. The third kappa shape index (κ3) is 4.15. The van der Waals surface area contributed by atoms with Crippen molar-refractivity contribution < 1.29 is 32.7 Å². The topological polar surface area (TPSA) is 103 Å². The fraction of sp³-hybridized carbons (Fsp3) is 0.381. The smallest absolute Gasteiger partial charge is 0.387 e. The maximum atomic E-state index is 13.3. The number of methoxy groups -OCH3 is 1. The van der Waals surface area contributed by atoms with E-state index in [9.17, 15) is 23.7 Å². The second-order valence-electron chi connectivity index (χ2n) is 7.38. The molecule has 4 rings (SSSR count). The Kier molecular flexibility index (Phi) is 6.08. The van der Waals surface area contributed by atoms with E-state index in [1.165, 1.54) is 18.1 Å². The van der Waals surface area contributed by atoms with Gasteiger partial charge in [0, 0.05) is 18.8 Å². The van der Waals surface area contributed by atoms with Crippen molar-refractivity contribution >= 4 is 17.3 Å². The SMILES string of the molecule is COc1cc([C@H]2Nc3ccccc3C(=O)N2C[C@@H]2CCCO2)c([N+](=O)[O-])cc1OC(F)F. The lowest BCUT2D eigenvalue weighted by atomic mass is 10.0. The number of para-hydroxylation sites is 1. The molecule has 11 heteroatoms. The van der Waals surface area contributed by atoms with Crippen molar-refractivity contribution in [3.05, 3.63) is 57.6 Å². The van der Waals surface area contributed by atoms with E-state index in [0.29, 0.717) is 17.9 Å². The lowest BCUT2D eigenvalue weighted by Gasteiger charge is -2.39. The number of nitro groups is 1. The Labute approximate surface area is 182 Å². The number of rotatable bonds is 7. The zero-order chi connectivity index (χ0) is 22.8. The molecule has 1 saturated heterocycles. The molecule has 2 atom stereocenters. The first-order valence-electron chi connectivity index (χ1n) is 9.98. The van der Waals surface area contributed by atoms with E-state index in [1.807, 2.05) is 0 Å². The maximum absolute atomic E-state index is 13.3. The zero-order valence-corrected chi connectivity index (χ0v) is 17.1. The van der Waals surface area contributed by atoms with Crippen LogP contribution in [0.15, 0.2) is 36.4 Å². The maximum Gasteiger partial charge on any atom is 0.387 e. The number of amides is 1. The van der Waals surface area contributed by atoms with Gasteiger partial charge in [0.15, 0.2) is 11.5 Å². The monoisotopic (exact) mass is 449 g/mol. The van der Waals surface area contributed by atoms with Crippen LogP contribution in [-0.4, -0.2) is 48.7 Å². The summed E-state index contributed by atoms with van der Waals surface area (Å²) < 4.78 is 40.8. The van der Waals surface area contributed by atoms with Gasteiger partial charge in [-0.2, -0.15) is 8.78 Å². The Morgan fingerprint density at radius 2 is 2.09 bits per heavy atom. The van der Waals surface area contributed by atoms with Crippen LogP contribution in [0.25, 0.3) is 0 Å². The summed E-state index contributed by atoms with van der Waals surface area (Å²) in [6.45, 7) is -2.40. The first-order chi connectivity index (χ1) is 15.4. The van der Waals surface area contributed by atoms with Gasteiger partial charge in [0.2, 0.25) is 0 Å². The van der Waals surface area contributed by atoms with Crippen molar-refractivity contribution in [2.75, 3.05) is 25.6 Å².